The number of nitrogens with one attached hydrogen (secondary N) is 1. The number of amides is 2. The SMILES string of the molecule is Cl.NCCCNC(=O)C1CCCN(C(=O)Cc2ccccc2)C1. The van der Waals surface area contributed by atoms with Gasteiger partial charge in [0.2, 0.25) is 11.8 Å². The molecule has 1 atom stereocenters. The van der Waals surface area contributed by atoms with Gasteiger partial charge < -0.3 is 16.0 Å². The van der Waals surface area contributed by atoms with E-state index in [9.17, 15) is 9.59 Å². The maximum absolute atomic E-state index is 12.4. The second-order valence-electron chi connectivity index (χ2n) is 5.77. The summed E-state index contributed by atoms with van der Waals surface area (Å²) < 4.78 is 0. The minimum absolute atomic E-state index is 0. The lowest BCUT2D eigenvalue weighted by Crippen LogP contribution is -2.46. The number of likely N-dealkylation sites (tertiary alicyclic amines) is 1. The molecule has 5 nitrogen and oxygen atoms in total. The van der Waals surface area contributed by atoms with Crippen LogP contribution in [0.5, 0.6) is 0 Å². The van der Waals surface area contributed by atoms with E-state index in [4.69, 9.17) is 5.73 Å². The van der Waals surface area contributed by atoms with E-state index in [0.29, 0.717) is 26.1 Å². The first-order valence-corrected chi connectivity index (χ1v) is 8.00. The highest BCUT2D eigenvalue weighted by Gasteiger charge is 2.28. The van der Waals surface area contributed by atoms with Crippen LogP contribution in [0.3, 0.4) is 0 Å². The smallest absolute Gasteiger partial charge is 0.227 e. The fourth-order valence-corrected chi connectivity index (χ4v) is 2.76. The van der Waals surface area contributed by atoms with Gasteiger partial charge in [-0.05, 0) is 31.4 Å². The molecule has 3 N–H and O–H groups in total. The first-order chi connectivity index (χ1) is 10.7. The Morgan fingerprint density at radius 2 is 2.00 bits per heavy atom. The van der Waals surface area contributed by atoms with E-state index in [1.165, 1.54) is 0 Å². The van der Waals surface area contributed by atoms with Crippen molar-refractivity contribution < 1.29 is 9.59 Å². The molecule has 1 aliphatic rings. The van der Waals surface area contributed by atoms with Crippen molar-refractivity contribution in [2.45, 2.75) is 25.7 Å². The highest BCUT2D eigenvalue weighted by atomic mass is 35.5. The molecular formula is C17H26ClN3O2. The topological polar surface area (TPSA) is 75.4 Å². The van der Waals surface area contributed by atoms with Gasteiger partial charge in [0.15, 0.2) is 0 Å². The third-order valence-corrected chi connectivity index (χ3v) is 4.02. The first kappa shape index (κ1) is 19.5. The maximum Gasteiger partial charge on any atom is 0.227 e. The highest BCUT2D eigenvalue weighted by molar-refractivity contribution is 5.85. The van der Waals surface area contributed by atoms with Gasteiger partial charge >= 0.3 is 0 Å². The summed E-state index contributed by atoms with van der Waals surface area (Å²) >= 11 is 0. The molecule has 0 aromatic heterocycles. The number of hydrogen-bond acceptors (Lipinski definition) is 3. The second-order valence-corrected chi connectivity index (χ2v) is 5.77. The van der Waals surface area contributed by atoms with Gasteiger partial charge in [-0.1, -0.05) is 30.3 Å². The molecule has 6 heteroatoms. The molecule has 1 aromatic rings. The lowest BCUT2D eigenvalue weighted by molar-refractivity contribution is -0.135. The minimum atomic E-state index is -0.0914. The lowest BCUT2D eigenvalue weighted by Gasteiger charge is -2.32. The molecule has 0 bridgehead atoms. The maximum atomic E-state index is 12.4. The van der Waals surface area contributed by atoms with Crippen LogP contribution in [-0.2, 0) is 16.0 Å². The van der Waals surface area contributed by atoms with Gasteiger partial charge in [-0.2, -0.15) is 0 Å². The highest BCUT2D eigenvalue weighted by Crippen LogP contribution is 2.17. The minimum Gasteiger partial charge on any atom is -0.356 e. The van der Waals surface area contributed by atoms with Crippen molar-refractivity contribution in [3.63, 3.8) is 0 Å². The number of benzene rings is 1. The Kier molecular flexibility index (Phi) is 8.66. The molecule has 0 radical (unpaired) electrons. The summed E-state index contributed by atoms with van der Waals surface area (Å²) in [6.45, 7) is 2.47. The number of nitrogens with two attached hydrogens (primary N) is 1. The summed E-state index contributed by atoms with van der Waals surface area (Å²) in [6, 6.07) is 9.73. The summed E-state index contributed by atoms with van der Waals surface area (Å²) in [5.41, 5.74) is 6.44. The van der Waals surface area contributed by atoms with Crippen LogP contribution in [0.2, 0.25) is 0 Å². The number of carbonyl (C=O) groups excluding carboxylic acids is 2. The van der Waals surface area contributed by atoms with Crippen LogP contribution in [0.1, 0.15) is 24.8 Å². The second kappa shape index (κ2) is 10.2. The molecule has 128 valence electrons. The van der Waals surface area contributed by atoms with Crippen molar-refractivity contribution in [3.8, 4) is 0 Å². The molecule has 0 spiro atoms. The molecule has 1 saturated heterocycles. The van der Waals surface area contributed by atoms with E-state index in [1.807, 2.05) is 35.2 Å². The standard InChI is InChI=1S/C17H25N3O2.ClH/c18-9-5-10-19-17(22)15-8-4-11-20(13-15)16(21)12-14-6-2-1-3-7-14;/h1-3,6-7,15H,4-5,8-13,18H2,(H,19,22);1H. The normalized spacial score (nSPS) is 17.3. The Balaban J connectivity index is 0.00000264. The molecule has 23 heavy (non-hydrogen) atoms. The van der Waals surface area contributed by atoms with Crippen molar-refractivity contribution in [2.24, 2.45) is 11.7 Å². The summed E-state index contributed by atoms with van der Waals surface area (Å²) in [7, 11) is 0. The van der Waals surface area contributed by atoms with Gasteiger partial charge in [0.1, 0.15) is 0 Å². The first-order valence-electron chi connectivity index (χ1n) is 8.00. The van der Waals surface area contributed by atoms with Crippen LogP contribution < -0.4 is 11.1 Å². The molecular weight excluding hydrogens is 314 g/mol. The van der Waals surface area contributed by atoms with Crippen molar-refractivity contribution >= 4 is 24.2 Å². The van der Waals surface area contributed by atoms with E-state index in [2.05, 4.69) is 5.32 Å². The van der Waals surface area contributed by atoms with E-state index in [0.717, 1.165) is 31.4 Å². The summed E-state index contributed by atoms with van der Waals surface area (Å²) in [4.78, 5) is 26.3. The van der Waals surface area contributed by atoms with E-state index in [1.54, 1.807) is 0 Å². The van der Waals surface area contributed by atoms with Crippen LogP contribution in [0, 0.1) is 5.92 Å². The van der Waals surface area contributed by atoms with Gasteiger partial charge in [-0.3, -0.25) is 9.59 Å². The van der Waals surface area contributed by atoms with Crippen LogP contribution in [0.4, 0.5) is 0 Å². The van der Waals surface area contributed by atoms with E-state index < -0.39 is 0 Å². The molecule has 2 rings (SSSR count). The van der Waals surface area contributed by atoms with Gasteiger partial charge in [0.25, 0.3) is 0 Å². The van der Waals surface area contributed by atoms with E-state index in [-0.39, 0.29) is 30.1 Å². The van der Waals surface area contributed by atoms with Crippen LogP contribution in [0.25, 0.3) is 0 Å². The fourth-order valence-electron chi connectivity index (χ4n) is 2.76. The van der Waals surface area contributed by atoms with Gasteiger partial charge in [-0.25, -0.2) is 0 Å². The molecule has 2 amide bonds. The van der Waals surface area contributed by atoms with Gasteiger partial charge in [0.05, 0.1) is 12.3 Å². The summed E-state index contributed by atoms with van der Waals surface area (Å²) in [6.07, 6.45) is 2.93. The molecule has 1 aliphatic heterocycles. The Hall–Kier alpha value is -1.59. The Labute approximate surface area is 144 Å². The number of rotatable bonds is 6. The molecule has 0 saturated carbocycles. The largest absolute Gasteiger partial charge is 0.356 e. The number of hydrogen-bond donors (Lipinski definition) is 2. The van der Waals surface area contributed by atoms with E-state index >= 15 is 0 Å². The van der Waals surface area contributed by atoms with Crippen LogP contribution in [0.15, 0.2) is 30.3 Å². The molecule has 0 aliphatic carbocycles. The number of halogens is 1. The van der Waals surface area contributed by atoms with Gasteiger partial charge in [-0.15, -0.1) is 12.4 Å². The summed E-state index contributed by atoms with van der Waals surface area (Å²) in [5, 5.41) is 2.91. The monoisotopic (exact) mass is 339 g/mol. The predicted octanol–water partition coefficient (Wildman–Crippen LogP) is 1.35. The molecule has 1 fully saturated rings. The fraction of sp³-hybridized carbons (Fsp3) is 0.529. The third-order valence-electron chi connectivity index (χ3n) is 4.02. The Morgan fingerprint density at radius 1 is 1.26 bits per heavy atom. The summed E-state index contributed by atoms with van der Waals surface area (Å²) in [5.74, 6) is 0.0579. The number of piperidine rings is 1. The van der Waals surface area contributed by atoms with Crippen molar-refractivity contribution in [2.75, 3.05) is 26.2 Å². The quantitative estimate of drug-likeness (QED) is 0.768. The zero-order chi connectivity index (χ0) is 15.8. The van der Waals surface area contributed by atoms with Crippen LogP contribution in [-0.4, -0.2) is 42.9 Å². The Bertz CT molecular complexity index is 496. The van der Waals surface area contributed by atoms with Crippen LogP contribution >= 0.6 is 12.4 Å². The zero-order valence-corrected chi connectivity index (χ0v) is 14.2. The van der Waals surface area contributed by atoms with Crippen molar-refractivity contribution in [1.29, 1.82) is 0 Å². The number of carbonyl (C=O) groups is 2. The van der Waals surface area contributed by atoms with Crippen molar-refractivity contribution in [1.82, 2.24) is 10.2 Å². The van der Waals surface area contributed by atoms with Crippen molar-refractivity contribution in [3.05, 3.63) is 35.9 Å². The third kappa shape index (κ3) is 6.20. The Morgan fingerprint density at radius 3 is 2.70 bits per heavy atom. The number of nitrogens with zero attached hydrogens (tertiary/aromatic N) is 1. The molecule has 1 aromatic carbocycles. The predicted molar refractivity (Wildman–Crippen MR) is 93.4 cm³/mol. The average molecular weight is 340 g/mol. The molecule has 1 unspecified atom stereocenters. The zero-order valence-electron chi connectivity index (χ0n) is 13.4. The lowest BCUT2D eigenvalue weighted by atomic mass is 9.96. The average Bonchev–Trinajstić information content (AvgIpc) is 2.56. The van der Waals surface area contributed by atoms with Gasteiger partial charge in [0, 0.05) is 19.6 Å². The molecule has 1 heterocycles.